The second-order valence-electron chi connectivity index (χ2n) is 9.18. The number of piperidine rings is 1. The normalized spacial score (nSPS) is 28.4. The molecule has 0 radical (unpaired) electrons. The molecule has 3 N–H and O–H groups in total. The van der Waals surface area contributed by atoms with E-state index in [1.807, 2.05) is 11.8 Å². The highest BCUT2D eigenvalue weighted by atomic mass is 35.5. The number of carbonyl (C=O) groups is 3. The molecule has 0 spiro atoms. The second kappa shape index (κ2) is 7.81. The first-order valence-electron chi connectivity index (χ1n) is 10.5. The molecule has 2 aliphatic heterocycles. The highest BCUT2D eigenvalue weighted by Gasteiger charge is 2.56. The number of halogens is 2. The Kier molecular flexibility index (Phi) is 5.62. The van der Waals surface area contributed by atoms with E-state index in [4.69, 9.17) is 28.9 Å². The number of Topliss-reactive ketones (excluding diaryl/α,β-unsaturated/α-hetero) is 1. The number of likely N-dealkylation sites (tertiary alicyclic amines) is 1. The van der Waals surface area contributed by atoms with Crippen LogP contribution >= 0.6 is 23.2 Å². The number of benzene rings is 1. The Morgan fingerprint density at radius 3 is 2.37 bits per heavy atom. The number of nitrogens with zero attached hydrogens (tertiary/aromatic N) is 1. The molecule has 1 aliphatic carbocycles. The minimum atomic E-state index is -1.32. The Bertz CT molecular complexity index is 894. The van der Waals surface area contributed by atoms with Gasteiger partial charge < -0.3 is 16.0 Å². The molecule has 1 aromatic rings. The Balaban J connectivity index is 1.54. The van der Waals surface area contributed by atoms with Crippen molar-refractivity contribution in [2.45, 2.75) is 38.5 Å². The zero-order valence-electron chi connectivity index (χ0n) is 17.0. The summed E-state index contributed by atoms with van der Waals surface area (Å²) in [6, 6.07) is 5.19. The van der Waals surface area contributed by atoms with Gasteiger partial charge in [-0.15, -0.1) is 0 Å². The third-order valence-corrected chi connectivity index (χ3v) is 7.98. The van der Waals surface area contributed by atoms with E-state index in [2.05, 4.69) is 5.32 Å². The molecule has 2 heterocycles. The van der Waals surface area contributed by atoms with Gasteiger partial charge in [-0.3, -0.25) is 14.4 Å². The summed E-state index contributed by atoms with van der Waals surface area (Å²) in [5, 5.41) is 3.99. The lowest BCUT2D eigenvalue weighted by Gasteiger charge is -2.38. The second-order valence-corrected chi connectivity index (χ2v) is 10.00. The maximum absolute atomic E-state index is 13.7. The molecule has 1 saturated carbocycles. The molecule has 2 saturated heterocycles. The van der Waals surface area contributed by atoms with E-state index in [1.54, 1.807) is 18.2 Å². The Morgan fingerprint density at radius 1 is 1.13 bits per heavy atom. The SMILES string of the molecule is CC1(C(=O)N2CCC(C(=O)[C@@]3(C(N)=O)CNC[C@@H]3c3ccc(Cl)c(Cl)c3)CC2)CC1. The van der Waals surface area contributed by atoms with Crippen molar-refractivity contribution < 1.29 is 14.4 Å². The van der Waals surface area contributed by atoms with Gasteiger partial charge in [-0.2, -0.15) is 0 Å². The first kappa shape index (κ1) is 21.6. The van der Waals surface area contributed by atoms with Crippen molar-refractivity contribution in [1.29, 1.82) is 0 Å². The van der Waals surface area contributed by atoms with Crippen LogP contribution in [-0.2, 0) is 14.4 Å². The van der Waals surface area contributed by atoms with Crippen molar-refractivity contribution in [3.05, 3.63) is 33.8 Å². The summed E-state index contributed by atoms with van der Waals surface area (Å²) in [6.07, 6.45) is 2.99. The molecule has 1 aromatic carbocycles. The van der Waals surface area contributed by atoms with E-state index >= 15 is 0 Å². The van der Waals surface area contributed by atoms with E-state index in [1.165, 1.54) is 0 Å². The zero-order valence-corrected chi connectivity index (χ0v) is 18.6. The number of ketones is 1. The molecule has 3 fully saturated rings. The first-order chi connectivity index (χ1) is 14.2. The monoisotopic (exact) mass is 451 g/mol. The molecule has 0 aromatic heterocycles. The predicted octanol–water partition coefficient (Wildman–Crippen LogP) is 2.76. The van der Waals surface area contributed by atoms with Crippen molar-refractivity contribution in [2.75, 3.05) is 26.2 Å². The number of rotatable bonds is 5. The molecule has 2 amide bonds. The number of hydrogen-bond donors (Lipinski definition) is 2. The average Bonchev–Trinajstić information content (AvgIpc) is 3.32. The van der Waals surface area contributed by atoms with Crippen LogP contribution < -0.4 is 11.1 Å². The van der Waals surface area contributed by atoms with Gasteiger partial charge in [-0.1, -0.05) is 36.2 Å². The number of nitrogens with one attached hydrogen (secondary N) is 1. The van der Waals surface area contributed by atoms with Crippen LogP contribution in [0.15, 0.2) is 18.2 Å². The predicted molar refractivity (Wildman–Crippen MR) is 115 cm³/mol. The molecular formula is C22H27Cl2N3O3. The van der Waals surface area contributed by atoms with Gasteiger partial charge in [0.1, 0.15) is 5.41 Å². The van der Waals surface area contributed by atoms with Crippen LogP contribution in [0.3, 0.4) is 0 Å². The van der Waals surface area contributed by atoms with Gasteiger partial charge in [-0.05, 0) is 43.4 Å². The summed E-state index contributed by atoms with van der Waals surface area (Å²) >= 11 is 12.2. The van der Waals surface area contributed by atoms with Gasteiger partial charge in [-0.25, -0.2) is 0 Å². The number of hydrogen-bond acceptors (Lipinski definition) is 4. The van der Waals surface area contributed by atoms with Crippen LogP contribution in [0, 0.1) is 16.7 Å². The summed E-state index contributed by atoms with van der Waals surface area (Å²) in [5.74, 6) is -1.24. The molecule has 4 rings (SSSR count). The molecule has 3 aliphatic rings. The van der Waals surface area contributed by atoms with Gasteiger partial charge >= 0.3 is 0 Å². The van der Waals surface area contributed by atoms with Crippen molar-refractivity contribution in [3.63, 3.8) is 0 Å². The Hall–Kier alpha value is -1.63. The van der Waals surface area contributed by atoms with Crippen molar-refractivity contribution in [3.8, 4) is 0 Å². The van der Waals surface area contributed by atoms with Crippen molar-refractivity contribution in [2.24, 2.45) is 22.5 Å². The Labute approximate surface area is 186 Å². The summed E-state index contributed by atoms with van der Waals surface area (Å²) in [5.41, 5.74) is 5.10. The first-order valence-corrected chi connectivity index (χ1v) is 11.2. The minimum Gasteiger partial charge on any atom is -0.369 e. The summed E-state index contributed by atoms with van der Waals surface area (Å²) in [6.45, 7) is 3.77. The summed E-state index contributed by atoms with van der Waals surface area (Å²) in [4.78, 5) is 40.9. The Morgan fingerprint density at radius 2 is 1.80 bits per heavy atom. The van der Waals surface area contributed by atoms with Crippen LogP contribution in [0.25, 0.3) is 0 Å². The van der Waals surface area contributed by atoms with E-state index in [-0.39, 0.29) is 29.6 Å². The van der Waals surface area contributed by atoms with Gasteiger partial charge in [0.05, 0.1) is 10.0 Å². The number of nitrogens with two attached hydrogens (primary N) is 1. The zero-order chi connectivity index (χ0) is 21.7. The van der Waals surface area contributed by atoms with Crippen LogP contribution in [-0.4, -0.2) is 48.7 Å². The summed E-state index contributed by atoms with van der Waals surface area (Å²) in [7, 11) is 0. The molecule has 0 unspecified atom stereocenters. The molecule has 8 heteroatoms. The third kappa shape index (κ3) is 3.53. The van der Waals surface area contributed by atoms with E-state index in [0.717, 1.165) is 18.4 Å². The number of amides is 2. The smallest absolute Gasteiger partial charge is 0.233 e. The lowest BCUT2D eigenvalue weighted by Crippen LogP contribution is -2.53. The highest BCUT2D eigenvalue weighted by molar-refractivity contribution is 6.42. The van der Waals surface area contributed by atoms with Gasteiger partial charge in [0.25, 0.3) is 0 Å². The topological polar surface area (TPSA) is 92.5 Å². The lowest BCUT2D eigenvalue weighted by atomic mass is 9.66. The molecule has 0 bridgehead atoms. The van der Waals surface area contributed by atoms with E-state index in [0.29, 0.717) is 42.5 Å². The number of carbonyl (C=O) groups excluding carboxylic acids is 3. The van der Waals surface area contributed by atoms with Crippen molar-refractivity contribution >= 4 is 40.8 Å². The van der Waals surface area contributed by atoms with Crippen LogP contribution in [0.2, 0.25) is 10.0 Å². The van der Waals surface area contributed by atoms with E-state index in [9.17, 15) is 14.4 Å². The molecule has 162 valence electrons. The average molecular weight is 452 g/mol. The lowest BCUT2D eigenvalue weighted by molar-refractivity contribution is -0.146. The fraction of sp³-hybridized carbons (Fsp3) is 0.591. The number of primary amides is 1. The van der Waals surface area contributed by atoms with Crippen LogP contribution in [0.1, 0.15) is 44.1 Å². The fourth-order valence-corrected chi connectivity index (χ4v) is 5.28. The van der Waals surface area contributed by atoms with Crippen molar-refractivity contribution in [1.82, 2.24) is 10.2 Å². The van der Waals surface area contributed by atoms with Gasteiger partial charge in [0.15, 0.2) is 5.78 Å². The molecule has 6 nitrogen and oxygen atoms in total. The van der Waals surface area contributed by atoms with Crippen LogP contribution in [0.5, 0.6) is 0 Å². The van der Waals surface area contributed by atoms with Gasteiger partial charge in [0, 0.05) is 43.4 Å². The minimum absolute atomic E-state index is 0.124. The fourth-order valence-electron chi connectivity index (χ4n) is 4.97. The van der Waals surface area contributed by atoms with E-state index < -0.39 is 17.2 Å². The maximum atomic E-state index is 13.7. The standard InChI is InChI=1S/C22H27Cl2N3O3/c1-21(6-7-21)20(30)27-8-4-13(5-9-27)18(28)22(19(25)29)12-26-11-15(22)14-2-3-16(23)17(24)10-14/h2-3,10,13,15,26H,4-9,11-12H2,1H3,(H2,25,29)/t15-,22-/m1/s1. The molecule has 2 atom stereocenters. The highest BCUT2D eigenvalue weighted by Crippen LogP contribution is 2.48. The quantitative estimate of drug-likeness (QED) is 0.672. The van der Waals surface area contributed by atoms with Gasteiger partial charge in [0.2, 0.25) is 11.8 Å². The maximum Gasteiger partial charge on any atom is 0.233 e. The third-order valence-electron chi connectivity index (χ3n) is 7.24. The molecule has 30 heavy (non-hydrogen) atoms. The van der Waals surface area contributed by atoms with Crippen LogP contribution in [0.4, 0.5) is 0 Å². The largest absolute Gasteiger partial charge is 0.369 e. The molecular weight excluding hydrogens is 425 g/mol. The summed E-state index contributed by atoms with van der Waals surface area (Å²) < 4.78 is 0.